The normalized spacial score (nSPS) is 11.9. The fraction of sp³-hybridized carbons (Fsp3) is 0.0500. The monoisotopic (exact) mass is 441 g/mol. The Kier molecular flexibility index (Phi) is 5.62. The van der Waals surface area contributed by atoms with E-state index in [1.807, 2.05) is 0 Å². The highest BCUT2D eigenvalue weighted by Crippen LogP contribution is 2.33. The smallest absolute Gasteiger partial charge is 0.319 e. The molecule has 3 rings (SSSR count). The Bertz CT molecular complexity index is 1190. The molecule has 0 fully saturated rings. The maximum atomic E-state index is 14.4. The van der Waals surface area contributed by atoms with Crippen LogP contribution in [0.1, 0.15) is 10.4 Å². The predicted octanol–water partition coefficient (Wildman–Crippen LogP) is 5.18. The number of anilines is 1. The van der Waals surface area contributed by atoms with Crippen LogP contribution < -0.4 is 5.32 Å². The average Bonchev–Trinajstić information content (AvgIpc) is 2.69. The molecule has 0 radical (unpaired) electrons. The minimum Gasteiger partial charge on any atom is -0.319 e. The number of carbonyl (C=O) groups is 1. The second kappa shape index (κ2) is 7.86. The van der Waals surface area contributed by atoms with Crippen molar-refractivity contribution in [3.05, 3.63) is 83.9 Å². The molecule has 0 aliphatic rings. The topological polar surface area (TPSA) is 63.2 Å². The molecular weight excluding hydrogens is 429 g/mol. The summed E-state index contributed by atoms with van der Waals surface area (Å²) in [5.74, 6) is -2.85. The number of sulfone groups is 1. The van der Waals surface area contributed by atoms with Gasteiger partial charge in [-0.3, -0.25) is 4.79 Å². The van der Waals surface area contributed by atoms with Gasteiger partial charge in [-0.1, -0.05) is 30.3 Å². The maximum absolute atomic E-state index is 14.4. The Morgan fingerprint density at radius 3 is 2.03 bits per heavy atom. The zero-order valence-corrected chi connectivity index (χ0v) is 15.7. The van der Waals surface area contributed by atoms with E-state index in [9.17, 15) is 35.2 Å². The first-order chi connectivity index (χ1) is 14.0. The molecule has 0 saturated heterocycles. The third-order valence-electron chi connectivity index (χ3n) is 4.11. The van der Waals surface area contributed by atoms with Crippen molar-refractivity contribution in [3.63, 3.8) is 0 Å². The molecule has 1 amide bonds. The van der Waals surface area contributed by atoms with Crippen LogP contribution in [0.2, 0.25) is 0 Å². The summed E-state index contributed by atoms with van der Waals surface area (Å²) in [7, 11) is -5.57. The van der Waals surface area contributed by atoms with Crippen LogP contribution in [0.5, 0.6) is 0 Å². The molecule has 0 saturated carbocycles. The number of rotatable bonds is 4. The van der Waals surface area contributed by atoms with Gasteiger partial charge in [0.1, 0.15) is 11.6 Å². The first kappa shape index (κ1) is 21.4. The Labute approximate surface area is 167 Å². The third-order valence-corrected chi connectivity index (χ3v) is 5.61. The molecule has 0 spiro atoms. The zero-order chi connectivity index (χ0) is 22.1. The average molecular weight is 441 g/mol. The van der Waals surface area contributed by atoms with Gasteiger partial charge in [0.15, 0.2) is 0 Å². The van der Waals surface area contributed by atoms with E-state index in [2.05, 4.69) is 5.32 Å². The number of hydrogen-bond acceptors (Lipinski definition) is 3. The molecule has 0 atom stereocenters. The lowest BCUT2D eigenvalue weighted by molar-refractivity contribution is -0.0436. The zero-order valence-electron chi connectivity index (χ0n) is 14.9. The first-order valence-corrected chi connectivity index (χ1v) is 9.76. The minimum atomic E-state index is -5.57. The Morgan fingerprint density at radius 1 is 0.867 bits per heavy atom. The fourth-order valence-corrected chi connectivity index (χ4v) is 3.41. The predicted molar refractivity (Wildman–Crippen MR) is 99.4 cm³/mol. The van der Waals surface area contributed by atoms with Gasteiger partial charge in [-0.2, -0.15) is 13.2 Å². The van der Waals surface area contributed by atoms with Crippen LogP contribution in [-0.4, -0.2) is 19.8 Å². The van der Waals surface area contributed by atoms with Gasteiger partial charge in [0, 0.05) is 17.2 Å². The molecule has 0 aromatic heterocycles. The van der Waals surface area contributed by atoms with E-state index in [4.69, 9.17) is 0 Å². The number of carbonyl (C=O) groups excluding carboxylic acids is 1. The summed E-state index contributed by atoms with van der Waals surface area (Å²) in [6.07, 6.45) is 0. The van der Waals surface area contributed by atoms with Gasteiger partial charge in [0.05, 0.1) is 10.6 Å². The molecule has 10 heteroatoms. The van der Waals surface area contributed by atoms with Gasteiger partial charge in [0.2, 0.25) is 0 Å². The van der Waals surface area contributed by atoms with Crippen LogP contribution in [0.25, 0.3) is 11.1 Å². The van der Waals surface area contributed by atoms with E-state index in [1.54, 1.807) is 30.3 Å². The Morgan fingerprint density at radius 2 is 1.47 bits per heavy atom. The van der Waals surface area contributed by atoms with Crippen molar-refractivity contribution in [1.82, 2.24) is 0 Å². The Hall–Kier alpha value is -3.27. The number of halogens is 5. The lowest BCUT2D eigenvalue weighted by atomic mass is 10.0. The van der Waals surface area contributed by atoms with Gasteiger partial charge in [0.25, 0.3) is 15.7 Å². The number of alkyl halides is 3. The van der Waals surface area contributed by atoms with Crippen LogP contribution in [0.4, 0.5) is 27.6 Å². The summed E-state index contributed by atoms with van der Waals surface area (Å²) in [6.45, 7) is 0. The number of hydrogen-bond donors (Lipinski definition) is 1. The molecule has 0 bridgehead atoms. The van der Waals surface area contributed by atoms with Crippen molar-refractivity contribution in [2.24, 2.45) is 0 Å². The van der Waals surface area contributed by atoms with Gasteiger partial charge in [-0.25, -0.2) is 17.2 Å². The highest BCUT2D eigenvalue weighted by molar-refractivity contribution is 7.92. The van der Waals surface area contributed by atoms with Crippen LogP contribution in [0.3, 0.4) is 0 Å². The van der Waals surface area contributed by atoms with Gasteiger partial charge in [-0.15, -0.1) is 0 Å². The van der Waals surface area contributed by atoms with E-state index in [1.165, 1.54) is 0 Å². The lowest BCUT2D eigenvalue weighted by Crippen LogP contribution is -2.23. The molecule has 0 aliphatic carbocycles. The maximum Gasteiger partial charge on any atom is 0.501 e. The summed E-state index contributed by atoms with van der Waals surface area (Å²) in [5, 5.41) is 2.26. The van der Waals surface area contributed by atoms with Gasteiger partial charge < -0.3 is 5.32 Å². The minimum absolute atomic E-state index is 0.0534. The van der Waals surface area contributed by atoms with Crippen molar-refractivity contribution in [1.29, 1.82) is 0 Å². The van der Waals surface area contributed by atoms with E-state index in [-0.39, 0.29) is 16.8 Å². The van der Waals surface area contributed by atoms with E-state index >= 15 is 0 Å². The molecular formula is C20H12F5NO3S. The number of nitrogens with one attached hydrogen (secondary N) is 1. The van der Waals surface area contributed by atoms with Crippen molar-refractivity contribution in [2.75, 3.05) is 5.32 Å². The summed E-state index contributed by atoms with van der Waals surface area (Å²) >= 11 is 0. The molecule has 1 N–H and O–H groups in total. The molecule has 3 aromatic carbocycles. The van der Waals surface area contributed by atoms with Crippen LogP contribution >= 0.6 is 0 Å². The highest BCUT2D eigenvalue weighted by Gasteiger charge is 2.46. The van der Waals surface area contributed by atoms with Gasteiger partial charge >= 0.3 is 5.51 Å². The van der Waals surface area contributed by atoms with Crippen LogP contribution in [0.15, 0.2) is 71.6 Å². The molecule has 4 nitrogen and oxygen atoms in total. The second-order valence-electron chi connectivity index (χ2n) is 6.10. The van der Waals surface area contributed by atoms with E-state index < -0.39 is 37.8 Å². The molecule has 0 aliphatic heterocycles. The second-order valence-corrected chi connectivity index (χ2v) is 8.05. The molecule has 3 aromatic rings. The number of benzene rings is 3. The van der Waals surface area contributed by atoms with Crippen molar-refractivity contribution >= 4 is 21.4 Å². The van der Waals surface area contributed by atoms with Crippen molar-refractivity contribution in [3.8, 4) is 11.1 Å². The molecule has 156 valence electrons. The number of amides is 1. The summed E-state index contributed by atoms with van der Waals surface area (Å²) in [5.41, 5.74) is -5.58. The van der Waals surface area contributed by atoms with Crippen LogP contribution in [-0.2, 0) is 9.84 Å². The summed E-state index contributed by atoms with van der Waals surface area (Å²) in [4.78, 5) is 11.4. The molecule has 0 unspecified atom stereocenters. The largest absolute Gasteiger partial charge is 0.501 e. The third kappa shape index (κ3) is 4.18. The molecule has 0 heterocycles. The van der Waals surface area contributed by atoms with Gasteiger partial charge in [-0.05, 0) is 35.9 Å². The standard InChI is InChI=1S/C20H12F5NO3S/c21-14-10-16(12-4-2-1-3-5-12)18(17(22)11-14)26-19(27)13-6-8-15(9-7-13)30(28,29)20(23,24)25/h1-11H,(H,26,27). The quantitative estimate of drug-likeness (QED) is 0.568. The highest BCUT2D eigenvalue weighted by atomic mass is 32.2. The van der Waals surface area contributed by atoms with E-state index in [0.29, 0.717) is 23.8 Å². The molecule has 30 heavy (non-hydrogen) atoms. The lowest BCUT2D eigenvalue weighted by Gasteiger charge is -2.13. The fourth-order valence-electron chi connectivity index (χ4n) is 2.65. The summed E-state index contributed by atoms with van der Waals surface area (Å²) < 4.78 is 88.7. The van der Waals surface area contributed by atoms with Crippen molar-refractivity contribution < 1.29 is 35.2 Å². The van der Waals surface area contributed by atoms with Crippen molar-refractivity contribution in [2.45, 2.75) is 10.4 Å². The summed E-state index contributed by atoms with van der Waals surface area (Å²) in [6, 6.07) is 12.6. The van der Waals surface area contributed by atoms with Crippen LogP contribution in [0, 0.1) is 11.6 Å². The first-order valence-electron chi connectivity index (χ1n) is 8.28. The van der Waals surface area contributed by atoms with E-state index in [0.717, 1.165) is 18.2 Å². The Balaban J connectivity index is 1.94. The SMILES string of the molecule is O=C(Nc1c(F)cc(F)cc1-c1ccccc1)c1ccc(S(=O)(=O)C(F)(F)F)cc1.